The van der Waals surface area contributed by atoms with Gasteiger partial charge in [0.1, 0.15) is 11.4 Å². The van der Waals surface area contributed by atoms with Crippen molar-refractivity contribution < 1.29 is 13.2 Å². The normalized spacial score (nSPS) is 14.9. The highest BCUT2D eigenvalue weighted by molar-refractivity contribution is 7.90. The number of hydrogen-bond acceptors (Lipinski definition) is 8. The maximum atomic E-state index is 11.8. The Bertz CT molecular complexity index is 1460. The van der Waals surface area contributed by atoms with E-state index >= 15 is 0 Å². The van der Waals surface area contributed by atoms with Gasteiger partial charge in [0.05, 0.1) is 17.7 Å². The molecule has 2 aromatic carbocycles. The number of rotatable bonds is 6. The van der Waals surface area contributed by atoms with Gasteiger partial charge in [-0.3, -0.25) is 0 Å². The number of methoxy groups -OCH3 is 1. The fourth-order valence-electron chi connectivity index (χ4n) is 4.23. The van der Waals surface area contributed by atoms with Crippen molar-refractivity contribution >= 4 is 38.2 Å². The first-order chi connectivity index (χ1) is 16.8. The summed E-state index contributed by atoms with van der Waals surface area (Å²) in [6, 6.07) is 14.7. The highest BCUT2D eigenvalue weighted by Crippen LogP contribution is 2.33. The van der Waals surface area contributed by atoms with Crippen molar-refractivity contribution in [2.75, 3.05) is 56.8 Å². The Hall–Kier alpha value is -3.63. The van der Waals surface area contributed by atoms with Crippen LogP contribution < -0.4 is 15.0 Å². The Morgan fingerprint density at radius 1 is 1.00 bits per heavy atom. The van der Waals surface area contributed by atoms with Gasteiger partial charge in [0.15, 0.2) is 9.84 Å². The minimum Gasteiger partial charge on any atom is -0.495 e. The highest BCUT2D eigenvalue weighted by atomic mass is 32.2. The predicted octanol–water partition coefficient (Wildman–Crippen LogP) is 3.33. The van der Waals surface area contributed by atoms with E-state index in [1.54, 1.807) is 37.6 Å². The Balaban J connectivity index is 1.44. The molecule has 0 atom stereocenters. The van der Waals surface area contributed by atoms with Crippen LogP contribution in [0.2, 0.25) is 0 Å². The van der Waals surface area contributed by atoms with Gasteiger partial charge in [-0.1, -0.05) is 0 Å². The molecule has 1 saturated heterocycles. The lowest BCUT2D eigenvalue weighted by atomic mass is 10.2. The summed E-state index contributed by atoms with van der Waals surface area (Å²) in [5.41, 5.74) is 3.46. The summed E-state index contributed by atoms with van der Waals surface area (Å²) in [5, 5.41) is 4.21. The van der Waals surface area contributed by atoms with Crippen LogP contribution in [-0.2, 0) is 9.84 Å². The van der Waals surface area contributed by atoms with E-state index in [1.807, 2.05) is 29.0 Å². The molecule has 1 aliphatic rings. The van der Waals surface area contributed by atoms with E-state index in [2.05, 4.69) is 33.2 Å². The van der Waals surface area contributed by atoms with Crippen LogP contribution in [0.5, 0.6) is 5.75 Å². The first-order valence-corrected chi connectivity index (χ1v) is 13.2. The van der Waals surface area contributed by atoms with Crippen molar-refractivity contribution in [1.82, 2.24) is 19.4 Å². The van der Waals surface area contributed by atoms with E-state index in [9.17, 15) is 8.42 Å². The largest absolute Gasteiger partial charge is 0.495 e. The number of nitrogens with one attached hydrogen (secondary N) is 1. The molecule has 0 radical (unpaired) electrons. The number of benzene rings is 2. The van der Waals surface area contributed by atoms with E-state index < -0.39 is 9.84 Å². The molecule has 4 aromatic rings. The molecular formula is C25H28N6O3S. The lowest BCUT2D eigenvalue weighted by Crippen LogP contribution is -2.44. The molecule has 9 nitrogen and oxygen atoms in total. The Morgan fingerprint density at radius 3 is 2.43 bits per heavy atom. The third kappa shape index (κ3) is 4.80. The summed E-state index contributed by atoms with van der Waals surface area (Å²) < 4.78 is 31.1. The zero-order valence-corrected chi connectivity index (χ0v) is 20.8. The molecule has 0 spiro atoms. The maximum Gasteiger partial charge on any atom is 0.229 e. The number of ether oxygens (including phenoxy) is 1. The Labute approximate surface area is 204 Å². The molecule has 0 unspecified atom stereocenters. The zero-order chi connectivity index (χ0) is 24.6. The second kappa shape index (κ2) is 9.20. The number of piperazine rings is 1. The minimum absolute atomic E-state index is 0.283. The van der Waals surface area contributed by atoms with Crippen molar-refractivity contribution in [3.63, 3.8) is 0 Å². The van der Waals surface area contributed by atoms with Crippen molar-refractivity contribution in [2.45, 2.75) is 4.90 Å². The van der Waals surface area contributed by atoms with Gasteiger partial charge in [0.2, 0.25) is 5.95 Å². The van der Waals surface area contributed by atoms with Crippen LogP contribution in [0.25, 0.3) is 16.7 Å². The molecule has 182 valence electrons. The number of fused-ring (bicyclic) bond motifs is 1. The van der Waals surface area contributed by atoms with Crippen molar-refractivity contribution in [3.05, 3.63) is 60.9 Å². The van der Waals surface area contributed by atoms with Gasteiger partial charge >= 0.3 is 0 Å². The molecule has 3 heterocycles. The highest BCUT2D eigenvalue weighted by Gasteiger charge is 2.18. The Morgan fingerprint density at radius 2 is 1.74 bits per heavy atom. The molecule has 0 aliphatic carbocycles. The van der Waals surface area contributed by atoms with Crippen LogP contribution in [0.15, 0.2) is 65.8 Å². The average molecular weight is 493 g/mol. The standard InChI is InChI=1S/C25H28N6O3S/c1-29-12-14-30(15-13-29)22-16-19(4-9-23(22)34-2)27-25-26-17-18-10-11-31(24(18)28-25)20-5-7-21(8-6-20)35(3,32)33/h4-11,16-17H,12-15H2,1-3H3,(H,26,27,28). The molecule has 0 amide bonds. The molecule has 35 heavy (non-hydrogen) atoms. The van der Waals surface area contributed by atoms with E-state index in [-0.39, 0.29) is 4.90 Å². The maximum absolute atomic E-state index is 11.8. The fourth-order valence-corrected chi connectivity index (χ4v) is 4.86. The smallest absolute Gasteiger partial charge is 0.229 e. The number of sulfone groups is 1. The van der Waals surface area contributed by atoms with Gasteiger partial charge in [0.25, 0.3) is 0 Å². The summed E-state index contributed by atoms with van der Waals surface area (Å²) in [6.07, 6.45) is 4.88. The summed E-state index contributed by atoms with van der Waals surface area (Å²) in [6.45, 7) is 3.88. The van der Waals surface area contributed by atoms with Crippen LogP contribution in [0.3, 0.4) is 0 Å². The average Bonchev–Trinajstić information content (AvgIpc) is 3.27. The number of anilines is 3. The summed E-state index contributed by atoms with van der Waals surface area (Å²) in [5.74, 6) is 1.31. The van der Waals surface area contributed by atoms with Crippen LogP contribution in [0.1, 0.15) is 0 Å². The number of nitrogens with zero attached hydrogens (tertiary/aromatic N) is 5. The summed E-state index contributed by atoms with van der Waals surface area (Å²) in [4.78, 5) is 14.2. The summed E-state index contributed by atoms with van der Waals surface area (Å²) in [7, 11) is 0.574. The zero-order valence-electron chi connectivity index (χ0n) is 20.0. The molecule has 1 fully saturated rings. The topological polar surface area (TPSA) is 92.6 Å². The minimum atomic E-state index is -3.25. The fraction of sp³-hybridized carbons (Fsp3) is 0.280. The quantitative estimate of drug-likeness (QED) is 0.438. The van der Waals surface area contributed by atoms with E-state index in [1.165, 1.54) is 6.26 Å². The van der Waals surface area contributed by atoms with Crippen LogP contribution in [-0.4, -0.2) is 74.4 Å². The summed E-state index contributed by atoms with van der Waals surface area (Å²) >= 11 is 0. The number of aromatic nitrogens is 3. The molecule has 0 saturated carbocycles. The van der Waals surface area contributed by atoms with E-state index in [0.29, 0.717) is 5.95 Å². The van der Waals surface area contributed by atoms with Crippen LogP contribution in [0.4, 0.5) is 17.3 Å². The lowest BCUT2D eigenvalue weighted by molar-refractivity contribution is 0.311. The second-order valence-electron chi connectivity index (χ2n) is 8.73. The molecule has 2 aromatic heterocycles. The molecular weight excluding hydrogens is 464 g/mol. The van der Waals surface area contributed by atoms with Crippen molar-refractivity contribution in [3.8, 4) is 11.4 Å². The SMILES string of the molecule is COc1ccc(Nc2ncc3ccn(-c4ccc(S(C)(=O)=O)cc4)c3n2)cc1N1CCN(C)CC1. The molecule has 10 heteroatoms. The van der Waals surface area contributed by atoms with Crippen molar-refractivity contribution in [1.29, 1.82) is 0 Å². The lowest BCUT2D eigenvalue weighted by Gasteiger charge is -2.34. The van der Waals surface area contributed by atoms with E-state index in [0.717, 1.165) is 60.0 Å². The van der Waals surface area contributed by atoms with Gasteiger partial charge in [-0.05, 0) is 55.6 Å². The van der Waals surface area contributed by atoms with Crippen LogP contribution >= 0.6 is 0 Å². The van der Waals surface area contributed by atoms with Gasteiger partial charge in [-0.25, -0.2) is 13.4 Å². The monoisotopic (exact) mass is 492 g/mol. The third-order valence-corrected chi connectivity index (χ3v) is 7.38. The Kier molecular flexibility index (Phi) is 6.08. The molecule has 0 bridgehead atoms. The van der Waals surface area contributed by atoms with E-state index in [4.69, 9.17) is 9.72 Å². The first-order valence-electron chi connectivity index (χ1n) is 11.3. The predicted molar refractivity (Wildman–Crippen MR) is 138 cm³/mol. The number of likely N-dealkylation sites (N-methyl/N-ethyl adjacent to an activating group) is 1. The van der Waals surface area contributed by atoms with Gasteiger partial charge in [0, 0.05) is 61.6 Å². The van der Waals surface area contributed by atoms with Gasteiger partial charge in [-0.2, -0.15) is 4.98 Å². The van der Waals surface area contributed by atoms with Gasteiger partial charge < -0.3 is 24.4 Å². The third-order valence-electron chi connectivity index (χ3n) is 6.25. The van der Waals surface area contributed by atoms with Crippen molar-refractivity contribution in [2.24, 2.45) is 0 Å². The first kappa shape index (κ1) is 23.1. The van der Waals surface area contributed by atoms with Crippen LogP contribution in [0, 0.1) is 0 Å². The number of hydrogen-bond donors (Lipinski definition) is 1. The molecule has 1 aliphatic heterocycles. The van der Waals surface area contributed by atoms with Gasteiger partial charge in [-0.15, -0.1) is 0 Å². The molecule has 1 N–H and O–H groups in total. The second-order valence-corrected chi connectivity index (χ2v) is 10.7. The molecule has 5 rings (SSSR count).